The standard InChI is InChI=1S/C14H17NO2/c1-9(14(2,3)4)15-12(16)10-7-5-6-8-11(10)13(15)17/h5-9H,1-4H3/t9-/m0/s1. The predicted molar refractivity (Wildman–Crippen MR) is 65.9 cm³/mol. The molecule has 0 radical (unpaired) electrons. The van der Waals surface area contributed by atoms with E-state index in [4.69, 9.17) is 0 Å². The number of hydrogen-bond acceptors (Lipinski definition) is 2. The van der Waals surface area contributed by atoms with Gasteiger partial charge in [0.15, 0.2) is 0 Å². The lowest BCUT2D eigenvalue weighted by molar-refractivity contribution is 0.0485. The Labute approximate surface area is 101 Å². The Hall–Kier alpha value is -1.64. The third-order valence-electron chi connectivity index (χ3n) is 3.47. The number of fused-ring (bicyclic) bond motifs is 1. The van der Waals surface area contributed by atoms with Gasteiger partial charge in [-0.15, -0.1) is 0 Å². The molecule has 1 atom stereocenters. The quantitative estimate of drug-likeness (QED) is 0.697. The number of imide groups is 1. The molecule has 17 heavy (non-hydrogen) atoms. The van der Waals surface area contributed by atoms with Crippen molar-refractivity contribution in [3.8, 4) is 0 Å². The molecule has 1 heterocycles. The van der Waals surface area contributed by atoms with Crippen molar-refractivity contribution in [3.63, 3.8) is 0 Å². The third-order valence-corrected chi connectivity index (χ3v) is 3.47. The zero-order valence-electron chi connectivity index (χ0n) is 10.7. The Morgan fingerprint density at radius 2 is 1.41 bits per heavy atom. The van der Waals surface area contributed by atoms with E-state index in [1.807, 2.05) is 27.7 Å². The van der Waals surface area contributed by atoms with Gasteiger partial charge in [-0.25, -0.2) is 0 Å². The van der Waals surface area contributed by atoms with Gasteiger partial charge in [0.2, 0.25) is 0 Å². The van der Waals surface area contributed by atoms with E-state index < -0.39 is 0 Å². The summed E-state index contributed by atoms with van der Waals surface area (Å²) in [5, 5.41) is 0. The van der Waals surface area contributed by atoms with Gasteiger partial charge in [0.1, 0.15) is 0 Å². The van der Waals surface area contributed by atoms with Crippen molar-refractivity contribution in [2.24, 2.45) is 5.41 Å². The van der Waals surface area contributed by atoms with Crippen LogP contribution in [0.5, 0.6) is 0 Å². The van der Waals surface area contributed by atoms with Crippen LogP contribution >= 0.6 is 0 Å². The average molecular weight is 231 g/mol. The molecule has 1 aliphatic heterocycles. The molecular weight excluding hydrogens is 214 g/mol. The van der Waals surface area contributed by atoms with Crippen molar-refractivity contribution < 1.29 is 9.59 Å². The first kappa shape index (κ1) is 11.8. The van der Waals surface area contributed by atoms with Crippen LogP contribution in [0.4, 0.5) is 0 Å². The molecule has 0 aromatic heterocycles. The van der Waals surface area contributed by atoms with Crippen LogP contribution in [0.2, 0.25) is 0 Å². The fourth-order valence-corrected chi connectivity index (χ4v) is 1.95. The topological polar surface area (TPSA) is 37.4 Å². The molecule has 1 aliphatic rings. The molecular formula is C14H17NO2. The zero-order valence-corrected chi connectivity index (χ0v) is 10.7. The Morgan fingerprint density at radius 3 is 1.76 bits per heavy atom. The van der Waals surface area contributed by atoms with Crippen LogP contribution in [0.15, 0.2) is 24.3 Å². The summed E-state index contributed by atoms with van der Waals surface area (Å²) in [6.07, 6.45) is 0. The fourth-order valence-electron chi connectivity index (χ4n) is 1.95. The molecule has 0 saturated heterocycles. The summed E-state index contributed by atoms with van der Waals surface area (Å²) in [4.78, 5) is 25.8. The summed E-state index contributed by atoms with van der Waals surface area (Å²) in [6, 6.07) is 6.88. The van der Waals surface area contributed by atoms with E-state index in [2.05, 4.69) is 0 Å². The second-order valence-corrected chi connectivity index (χ2v) is 5.57. The minimum atomic E-state index is -0.173. The van der Waals surface area contributed by atoms with Crippen LogP contribution < -0.4 is 0 Å². The zero-order chi connectivity index (χ0) is 12.8. The van der Waals surface area contributed by atoms with Crippen LogP contribution in [0.25, 0.3) is 0 Å². The van der Waals surface area contributed by atoms with E-state index >= 15 is 0 Å². The lowest BCUT2D eigenvalue weighted by atomic mass is 9.87. The number of carbonyl (C=O) groups excluding carboxylic acids is 2. The first-order chi connectivity index (χ1) is 7.84. The van der Waals surface area contributed by atoms with Crippen molar-refractivity contribution in [1.82, 2.24) is 4.90 Å². The summed E-state index contributed by atoms with van der Waals surface area (Å²) >= 11 is 0. The summed E-state index contributed by atoms with van der Waals surface area (Å²) < 4.78 is 0. The molecule has 2 rings (SSSR count). The number of benzene rings is 1. The van der Waals surface area contributed by atoms with Crippen molar-refractivity contribution in [2.75, 3.05) is 0 Å². The molecule has 0 saturated carbocycles. The molecule has 0 unspecified atom stereocenters. The molecule has 0 bridgehead atoms. The molecule has 0 fully saturated rings. The molecule has 3 heteroatoms. The van der Waals surface area contributed by atoms with Crippen LogP contribution in [-0.4, -0.2) is 22.8 Å². The van der Waals surface area contributed by atoms with Gasteiger partial charge in [-0.1, -0.05) is 32.9 Å². The van der Waals surface area contributed by atoms with E-state index in [1.54, 1.807) is 24.3 Å². The molecule has 0 N–H and O–H groups in total. The third kappa shape index (κ3) is 1.75. The van der Waals surface area contributed by atoms with Crippen molar-refractivity contribution in [1.29, 1.82) is 0 Å². The molecule has 1 aromatic carbocycles. The summed E-state index contributed by atoms with van der Waals surface area (Å²) in [5.74, 6) is -0.346. The minimum absolute atomic E-state index is 0.116. The minimum Gasteiger partial charge on any atom is -0.271 e. The first-order valence-electron chi connectivity index (χ1n) is 5.81. The monoisotopic (exact) mass is 231 g/mol. The van der Waals surface area contributed by atoms with Gasteiger partial charge in [0.05, 0.1) is 11.1 Å². The van der Waals surface area contributed by atoms with Gasteiger partial charge in [-0.2, -0.15) is 0 Å². The highest BCUT2D eigenvalue weighted by Gasteiger charge is 2.41. The average Bonchev–Trinajstić information content (AvgIpc) is 2.51. The molecule has 0 spiro atoms. The van der Waals surface area contributed by atoms with Crippen LogP contribution in [0, 0.1) is 5.41 Å². The van der Waals surface area contributed by atoms with E-state index in [9.17, 15) is 9.59 Å². The van der Waals surface area contributed by atoms with Gasteiger partial charge in [0.25, 0.3) is 11.8 Å². The molecule has 2 amide bonds. The van der Waals surface area contributed by atoms with Crippen LogP contribution in [-0.2, 0) is 0 Å². The summed E-state index contributed by atoms with van der Waals surface area (Å²) in [7, 11) is 0. The normalized spacial score (nSPS) is 17.3. The Kier molecular flexibility index (Phi) is 2.57. The van der Waals surface area contributed by atoms with Gasteiger partial charge in [0, 0.05) is 6.04 Å². The van der Waals surface area contributed by atoms with E-state index in [1.165, 1.54) is 4.90 Å². The predicted octanol–water partition coefficient (Wildman–Crippen LogP) is 2.72. The highest BCUT2D eigenvalue weighted by molar-refractivity contribution is 6.21. The fraction of sp³-hybridized carbons (Fsp3) is 0.429. The number of amides is 2. The van der Waals surface area contributed by atoms with Gasteiger partial charge in [-0.05, 0) is 24.5 Å². The molecule has 90 valence electrons. The molecule has 1 aromatic rings. The van der Waals surface area contributed by atoms with Crippen molar-refractivity contribution in [2.45, 2.75) is 33.7 Å². The largest absolute Gasteiger partial charge is 0.271 e. The lowest BCUT2D eigenvalue weighted by Crippen LogP contribution is -2.45. The van der Waals surface area contributed by atoms with Crippen LogP contribution in [0.1, 0.15) is 48.4 Å². The van der Waals surface area contributed by atoms with Gasteiger partial charge in [-0.3, -0.25) is 14.5 Å². The summed E-state index contributed by atoms with van der Waals surface area (Å²) in [6.45, 7) is 8.01. The Morgan fingerprint density at radius 1 is 1.00 bits per heavy atom. The molecule has 0 aliphatic carbocycles. The van der Waals surface area contributed by atoms with Gasteiger partial charge < -0.3 is 0 Å². The van der Waals surface area contributed by atoms with Crippen molar-refractivity contribution in [3.05, 3.63) is 35.4 Å². The highest BCUT2D eigenvalue weighted by Crippen LogP contribution is 2.31. The lowest BCUT2D eigenvalue weighted by Gasteiger charge is -2.33. The number of rotatable bonds is 1. The second kappa shape index (κ2) is 3.69. The highest BCUT2D eigenvalue weighted by atomic mass is 16.2. The maximum absolute atomic E-state index is 12.2. The second-order valence-electron chi connectivity index (χ2n) is 5.57. The number of nitrogens with zero attached hydrogens (tertiary/aromatic N) is 1. The maximum atomic E-state index is 12.2. The van der Waals surface area contributed by atoms with Crippen LogP contribution in [0.3, 0.4) is 0 Å². The van der Waals surface area contributed by atoms with Crippen molar-refractivity contribution >= 4 is 11.8 Å². The summed E-state index contributed by atoms with van der Waals surface area (Å²) in [5.41, 5.74) is 0.926. The van der Waals surface area contributed by atoms with E-state index in [0.717, 1.165) is 0 Å². The maximum Gasteiger partial charge on any atom is 0.261 e. The molecule has 3 nitrogen and oxygen atoms in total. The van der Waals surface area contributed by atoms with E-state index in [0.29, 0.717) is 11.1 Å². The number of hydrogen-bond donors (Lipinski definition) is 0. The first-order valence-corrected chi connectivity index (χ1v) is 5.81. The van der Waals surface area contributed by atoms with E-state index in [-0.39, 0.29) is 23.3 Å². The SMILES string of the molecule is C[C@H](N1C(=O)c2ccccc2C1=O)C(C)(C)C. The Balaban J connectivity index is 2.44. The smallest absolute Gasteiger partial charge is 0.261 e. The Bertz CT molecular complexity index is 450. The number of carbonyl (C=O) groups is 2. The van der Waals surface area contributed by atoms with Gasteiger partial charge >= 0.3 is 0 Å².